The van der Waals surface area contributed by atoms with Crippen LogP contribution >= 0.6 is 0 Å². The van der Waals surface area contributed by atoms with Gasteiger partial charge in [0.25, 0.3) is 0 Å². The van der Waals surface area contributed by atoms with E-state index >= 15 is 0 Å². The maximum absolute atomic E-state index is 11.8. The Morgan fingerprint density at radius 1 is 1.10 bits per heavy atom. The number of carbonyl (C=O) groups is 1. The van der Waals surface area contributed by atoms with Crippen molar-refractivity contribution in [2.45, 2.75) is 26.0 Å². The van der Waals surface area contributed by atoms with E-state index in [9.17, 15) is 9.90 Å². The molecule has 1 aromatic carbocycles. The number of aryl methyl sites for hydroxylation is 1. The number of carbonyl (C=O) groups excluding carboxylic acids is 1. The van der Waals surface area contributed by atoms with Crippen molar-refractivity contribution in [3.05, 3.63) is 65.5 Å². The Morgan fingerprint density at radius 3 is 2.50 bits per heavy atom. The van der Waals surface area contributed by atoms with Gasteiger partial charge in [0.05, 0.1) is 6.61 Å². The van der Waals surface area contributed by atoms with Crippen LogP contribution < -0.4 is 5.32 Å². The van der Waals surface area contributed by atoms with Crippen LogP contribution in [0.1, 0.15) is 23.1 Å². The van der Waals surface area contributed by atoms with Gasteiger partial charge in [-0.15, -0.1) is 0 Å². The topological polar surface area (TPSA) is 62.2 Å². The second-order valence-corrected chi connectivity index (χ2v) is 4.56. The maximum atomic E-state index is 11.8. The number of aromatic nitrogens is 1. The lowest BCUT2D eigenvalue weighted by Gasteiger charge is -2.09. The maximum Gasteiger partial charge on any atom is 0.220 e. The lowest BCUT2D eigenvalue weighted by atomic mass is 10.1. The van der Waals surface area contributed by atoms with E-state index in [2.05, 4.69) is 10.3 Å². The number of hydrogen-bond donors (Lipinski definition) is 2. The molecule has 0 spiro atoms. The fourth-order valence-electron chi connectivity index (χ4n) is 1.97. The summed E-state index contributed by atoms with van der Waals surface area (Å²) in [6, 6.07) is 11.4. The molecule has 0 fully saturated rings. The van der Waals surface area contributed by atoms with Crippen molar-refractivity contribution in [1.29, 1.82) is 0 Å². The number of aliphatic hydroxyl groups excluding tert-OH is 1. The Hall–Kier alpha value is -2.20. The molecule has 0 bridgehead atoms. The molecule has 104 valence electrons. The standard InChI is InChI=1S/C16H18N2O2/c19-12-15-4-2-1-3-14(15)11-18-16(20)6-5-13-7-9-17-10-8-13/h1-4,7-10,19H,5-6,11-12H2,(H,18,20). The molecule has 2 aromatic rings. The number of nitrogens with zero attached hydrogens (tertiary/aromatic N) is 1. The Labute approximate surface area is 118 Å². The Morgan fingerprint density at radius 2 is 1.80 bits per heavy atom. The summed E-state index contributed by atoms with van der Waals surface area (Å²) >= 11 is 0. The summed E-state index contributed by atoms with van der Waals surface area (Å²) in [7, 11) is 0. The third-order valence-electron chi connectivity index (χ3n) is 3.15. The van der Waals surface area contributed by atoms with Gasteiger partial charge in [0.15, 0.2) is 0 Å². The van der Waals surface area contributed by atoms with Crippen LogP contribution in [0.4, 0.5) is 0 Å². The van der Waals surface area contributed by atoms with Crippen molar-refractivity contribution >= 4 is 5.91 Å². The summed E-state index contributed by atoms with van der Waals surface area (Å²) in [6.07, 6.45) is 4.61. The molecule has 1 aromatic heterocycles. The van der Waals surface area contributed by atoms with Crippen molar-refractivity contribution in [1.82, 2.24) is 10.3 Å². The van der Waals surface area contributed by atoms with Crippen LogP contribution in [0.2, 0.25) is 0 Å². The summed E-state index contributed by atoms with van der Waals surface area (Å²) < 4.78 is 0. The number of pyridine rings is 1. The van der Waals surface area contributed by atoms with Crippen molar-refractivity contribution in [3.63, 3.8) is 0 Å². The summed E-state index contributed by atoms with van der Waals surface area (Å²) in [6.45, 7) is 0.439. The zero-order valence-corrected chi connectivity index (χ0v) is 11.2. The van der Waals surface area contributed by atoms with Gasteiger partial charge in [-0.1, -0.05) is 24.3 Å². The number of rotatable bonds is 6. The highest BCUT2D eigenvalue weighted by Gasteiger charge is 2.04. The molecule has 20 heavy (non-hydrogen) atoms. The molecule has 0 aliphatic carbocycles. The highest BCUT2D eigenvalue weighted by Crippen LogP contribution is 2.08. The monoisotopic (exact) mass is 270 g/mol. The van der Waals surface area contributed by atoms with Crippen molar-refractivity contribution in [2.75, 3.05) is 0 Å². The predicted molar refractivity (Wildman–Crippen MR) is 76.8 cm³/mol. The van der Waals surface area contributed by atoms with Crippen LogP contribution in [0.25, 0.3) is 0 Å². The molecule has 1 amide bonds. The first kappa shape index (κ1) is 14.2. The minimum atomic E-state index is -0.0109. The van der Waals surface area contributed by atoms with Gasteiger partial charge in [0.1, 0.15) is 0 Å². The molecule has 0 aliphatic heterocycles. The first-order chi connectivity index (χ1) is 9.79. The Balaban J connectivity index is 1.80. The van der Waals surface area contributed by atoms with E-state index in [-0.39, 0.29) is 12.5 Å². The van der Waals surface area contributed by atoms with E-state index in [1.54, 1.807) is 12.4 Å². The largest absolute Gasteiger partial charge is 0.392 e. The van der Waals surface area contributed by atoms with Gasteiger partial charge in [0, 0.05) is 25.4 Å². The average molecular weight is 270 g/mol. The number of benzene rings is 1. The summed E-state index contributed by atoms with van der Waals surface area (Å²) in [5, 5.41) is 12.1. The number of nitrogens with one attached hydrogen (secondary N) is 1. The fourth-order valence-corrected chi connectivity index (χ4v) is 1.97. The molecule has 0 atom stereocenters. The lowest BCUT2D eigenvalue weighted by Crippen LogP contribution is -2.23. The van der Waals surface area contributed by atoms with Gasteiger partial charge in [-0.2, -0.15) is 0 Å². The second kappa shape index (κ2) is 7.40. The minimum Gasteiger partial charge on any atom is -0.392 e. The number of aliphatic hydroxyl groups is 1. The zero-order chi connectivity index (χ0) is 14.2. The van der Waals surface area contributed by atoms with Crippen LogP contribution in [-0.4, -0.2) is 16.0 Å². The molecular formula is C16H18N2O2. The molecule has 0 saturated heterocycles. The summed E-state index contributed by atoms with van der Waals surface area (Å²) in [5.74, 6) is 0.00885. The van der Waals surface area contributed by atoms with E-state index in [1.165, 1.54) is 0 Å². The van der Waals surface area contributed by atoms with Crippen LogP contribution in [0.3, 0.4) is 0 Å². The Kier molecular flexibility index (Phi) is 5.26. The quantitative estimate of drug-likeness (QED) is 0.841. The molecule has 2 rings (SSSR count). The van der Waals surface area contributed by atoms with Crippen LogP contribution in [0.5, 0.6) is 0 Å². The van der Waals surface area contributed by atoms with Gasteiger partial charge in [0.2, 0.25) is 5.91 Å². The molecule has 0 saturated carbocycles. The molecular weight excluding hydrogens is 252 g/mol. The van der Waals surface area contributed by atoms with E-state index in [4.69, 9.17) is 0 Å². The van der Waals surface area contributed by atoms with E-state index < -0.39 is 0 Å². The number of amides is 1. The van der Waals surface area contributed by atoms with E-state index in [1.807, 2.05) is 36.4 Å². The normalized spacial score (nSPS) is 10.2. The third kappa shape index (κ3) is 4.17. The van der Waals surface area contributed by atoms with Crippen molar-refractivity contribution < 1.29 is 9.90 Å². The molecule has 4 heteroatoms. The van der Waals surface area contributed by atoms with Gasteiger partial charge in [-0.3, -0.25) is 9.78 Å². The summed E-state index contributed by atoms with van der Waals surface area (Å²) in [4.78, 5) is 15.7. The van der Waals surface area contributed by atoms with Gasteiger partial charge in [-0.25, -0.2) is 0 Å². The minimum absolute atomic E-state index is 0.00885. The van der Waals surface area contributed by atoms with Gasteiger partial charge in [-0.05, 0) is 35.2 Å². The molecule has 0 aliphatic rings. The molecule has 4 nitrogen and oxygen atoms in total. The van der Waals surface area contributed by atoms with E-state index in [0.29, 0.717) is 19.4 Å². The van der Waals surface area contributed by atoms with Crippen molar-refractivity contribution in [2.24, 2.45) is 0 Å². The van der Waals surface area contributed by atoms with Gasteiger partial charge < -0.3 is 10.4 Å². The highest BCUT2D eigenvalue weighted by atomic mass is 16.3. The summed E-state index contributed by atoms with van der Waals surface area (Å²) in [5.41, 5.74) is 2.90. The SMILES string of the molecule is O=C(CCc1ccncc1)NCc1ccccc1CO. The second-order valence-electron chi connectivity index (χ2n) is 4.56. The number of hydrogen-bond acceptors (Lipinski definition) is 3. The van der Waals surface area contributed by atoms with E-state index in [0.717, 1.165) is 16.7 Å². The Bertz CT molecular complexity index is 555. The third-order valence-corrected chi connectivity index (χ3v) is 3.15. The predicted octanol–water partition coefficient (Wildman–Crippen LogP) is 1.82. The molecule has 0 unspecified atom stereocenters. The first-order valence-electron chi connectivity index (χ1n) is 6.63. The van der Waals surface area contributed by atoms with Crippen LogP contribution in [0.15, 0.2) is 48.8 Å². The highest BCUT2D eigenvalue weighted by molar-refractivity contribution is 5.76. The first-order valence-corrected chi connectivity index (χ1v) is 6.63. The fraction of sp³-hybridized carbons (Fsp3) is 0.250. The molecule has 1 heterocycles. The van der Waals surface area contributed by atoms with Gasteiger partial charge >= 0.3 is 0 Å². The van der Waals surface area contributed by atoms with Crippen LogP contribution in [-0.2, 0) is 24.4 Å². The van der Waals surface area contributed by atoms with Crippen LogP contribution in [0, 0.1) is 0 Å². The smallest absolute Gasteiger partial charge is 0.220 e. The molecule has 0 radical (unpaired) electrons. The zero-order valence-electron chi connectivity index (χ0n) is 11.2. The lowest BCUT2D eigenvalue weighted by molar-refractivity contribution is -0.121. The molecule has 2 N–H and O–H groups in total. The average Bonchev–Trinajstić information content (AvgIpc) is 2.52. The van der Waals surface area contributed by atoms with Crippen molar-refractivity contribution in [3.8, 4) is 0 Å².